The Morgan fingerprint density at radius 3 is 2.81 bits per heavy atom. The molecule has 0 fully saturated rings. The second kappa shape index (κ2) is 7.64. The molecular formula is C16H18ClN3O. The molecule has 0 saturated carbocycles. The van der Waals surface area contributed by atoms with Crippen LogP contribution in [0.25, 0.3) is 0 Å². The molecule has 1 aromatic heterocycles. The predicted molar refractivity (Wildman–Crippen MR) is 84.4 cm³/mol. The summed E-state index contributed by atoms with van der Waals surface area (Å²) in [6, 6.07) is 6.90. The molecule has 1 aromatic carbocycles. The van der Waals surface area contributed by atoms with Crippen LogP contribution in [-0.4, -0.2) is 21.9 Å². The lowest BCUT2D eigenvalue weighted by atomic mass is 10.1. The van der Waals surface area contributed by atoms with Crippen molar-refractivity contribution in [1.82, 2.24) is 14.9 Å². The number of nitrogens with one attached hydrogen (secondary N) is 1. The van der Waals surface area contributed by atoms with E-state index in [9.17, 15) is 4.79 Å². The molecule has 0 amide bonds. The van der Waals surface area contributed by atoms with E-state index in [4.69, 9.17) is 11.6 Å². The molecule has 1 N–H and O–H groups in total. The van der Waals surface area contributed by atoms with Gasteiger partial charge in [0.05, 0.1) is 6.33 Å². The molecule has 110 valence electrons. The molecule has 0 aliphatic heterocycles. The van der Waals surface area contributed by atoms with Gasteiger partial charge in [-0.15, -0.1) is 0 Å². The fourth-order valence-corrected chi connectivity index (χ4v) is 2.04. The first-order valence-electron chi connectivity index (χ1n) is 6.83. The van der Waals surface area contributed by atoms with Crippen LogP contribution in [-0.2, 0) is 6.54 Å². The van der Waals surface area contributed by atoms with E-state index in [-0.39, 0.29) is 5.78 Å². The van der Waals surface area contributed by atoms with E-state index in [1.54, 1.807) is 42.9 Å². The summed E-state index contributed by atoms with van der Waals surface area (Å²) in [6.07, 6.45) is 8.08. The zero-order valence-electron chi connectivity index (χ0n) is 11.9. The minimum absolute atomic E-state index is 0.0220. The normalized spacial score (nSPS) is 11.4. The van der Waals surface area contributed by atoms with Gasteiger partial charge in [0.15, 0.2) is 5.78 Å². The molecule has 21 heavy (non-hydrogen) atoms. The summed E-state index contributed by atoms with van der Waals surface area (Å²) in [5.74, 6) is -0.0220. The average molecular weight is 304 g/mol. The number of hydrogen-bond donors (Lipinski definition) is 1. The number of hydrogen-bond acceptors (Lipinski definition) is 3. The minimum Gasteiger partial charge on any atom is -0.388 e. The highest BCUT2D eigenvalue weighted by Crippen LogP contribution is 2.10. The summed E-state index contributed by atoms with van der Waals surface area (Å²) < 4.78 is 2.03. The summed E-state index contributed by atoms with van der Waals surface area (Å²) in [5.41, 5.74) is 1.50. The summed E-state index contributed by atoms with van der Waals surface area (Å²) in [4.78, 5) is 16.0. The number of benzene rings is 1. The van der Waals surface area contributed by atoms with Gasteiger partial charge in [0.2, 0.25) is 0 Å². The highest BCUT2D eigenvalue weighted by molar-refractivity contribution is 6.30. The van der Waals surface area contributed by atoms with Crippen LogP contribution in [0, 0.1) is 0 Å². The van der Waals surface area contributed by atoms with Crippen LogP contribution < -0.4 is 5.32 Å². The molecule has 5 heteroatoms. The van der Waals surface area contributed by atoms with Gasteiger partial charge in [0.25, 0.3) is 0 Å². The molecule has 1 heterocycles. The molecule has 2 rings (SSSR count). The fourth-order valence-electron chi connectivity index (χ4n) is 1.91. The van der Waals surface area contributed by atoms with Crippen molar-refractivity contribution in [3.05, 3.63) is 65.3 Å². The number of allylic oxidation sites excluding steroid dienone is 2. The first kappa shape index (κ1) is 15.3. The van der Waals surface area contributed by atoms with Crippen molar-refractivity contribution in [1.29, 1.82) is 0 Å². The monoisotopic (exact) mass is 303 g/mol. The Hall–Kier alpha value is -2.07. The number of aromatic nitrogens is 2. The van der Waals surface area contributed by atoms with Gasteiger partial charge in [-0.2, -0.15) is 0 Å². The van der Waals surface area contributed by atoms with Gasteiger partial charge in [0, 0.05) is 47.8 Å². The Balaban J connectivity index is 1.77. The minimum atomic E-state index is -0.0220. The highest BCUT2D eigenvalue weighted by Gasteiger charge is 2.02. The maximum absolute atomic E-state index is 12.0. The number of rotatable bonds is 7. The topological polar surface area (TPSA) is 46.9 Å². The summed E-state index contributed by atoms with van der Waals surface area (Å²) >= 11 is 5.80. The third-order valence-corrected chi connectivity index (χ3v) is 3.28. The van der Waals surface area contributed by atoms with Gasteiger partial charge in [0.1, 0.15) is 0 Å². The molecular weight excluding hydrogens is 286 g/mol. The molecule has 0 spiro atoms. The third kappa shape index (κ3) is 5.08. The number of ketones is 1. The van der Waals surface area contributed by atoms with Crippen molar-refractivity contribution in [2.75, 3.05) is 6.54 Å². The van der Waals surface area contributed by atoms with E-state index >= 15 is 0 Å². The van der Waals surface area contributed by atoms with E-state index < -0.39 is 0 Å². The maximum Gasteiger partial charge on any atom is 0.187 e. The zero-order chi connectivity index (χ0) is 15.1. The Morgan fingerprint density at radius 1 is 1.38 bits per heavy atom. The Bertz CT molecular complexity index is 603. The summed E-state index contributed by atoms with van der Waals surface area (Å²) in [7, 11) is 0. The van der Waals surface area contributed by atoms with Crippen LogP contribution >= 0.6 is 11.6 Å². The van der Waals surface area contributed by atoms with E-state index in [1.165, 1.54) is 0 Å². The number of imidazole rings is 1. The average Bonchev–Trinajstić information content (AvgIpc) is 2.97. The van der Waals surface area contributed by atoms with Gasteiger partial charge in [-0.3, -0.25) is 4.79 Å². The first-order valence-corrected chi connectivity index (χ1v) is 7.21. The lowest BCUT2D eigenvalue weighted by Gasteiger charge is -2.07. The fraction of sp³-hybridized carbons (Fsp3) is 0.250. The number of nitrogens with zero attached hydrogens (tertiary/aromatic N) is 2. The van der Waals surface area contributed by atoms with Crippen molar-refractivity contribution in [3.8, 4) is 0 Å². The van der Waals surface area contributed by atoms with Crippen LogP contribution in [0.1, 0.15) is 23.7 Å². The number of halogens is 1. The lowest BCUT2D eigenvalue weighted by molar-refractivity contribution is 0.104. The second-order valence-corrected chi connectivity index (χ2v) is 5.22. The van der Waals surface area contributed by atoms with Crippen LogP contribution in [0.15, 0.2) is 54.8 Å². The van der Waals surface area contributed by atoms with E-state index in [1.807, 2.05) is 17.7 Å². The SMILES string of the molecule is C/C(=C\C(=O)c1ccc(Cl)cc1)NCCCn1ccnc1. The third-order valence-electron chi connectivity index (χ3n) is 3.03. The smallest absolute Gasteiger partial charge is 0.187 e. The summed E-state index contributed by atoms with van der Waals surface area (Å²) in [6.45, 7) is 3.62. The Labute approximate surface area is 129 Å². The largest absolute Gasteiger partial charge is 0.388 e. The zero-order valence-corrected chi connectivity index (χ0v) is 12.7. The molecule has 0 atom stereocenters. The molecule has 0 saturated heterocycles. The van der Waals surface area contributed by atoms with Crippen molar-refractivity contribution < 1.29 is 4.79 Å². The van der Waals surface area contributed by atoms with Gasteiger partial charge < -0.3 is 9.88 Å². The molecule has 0 unspecified atom stereocenters. The Kier molecular flexibility index (Phi) is 5.58. The molecule has 0 aliphatic rings. The molecule has 0 bridgehead atoms. The van der Waals surface area contributed by atoms with Crippen molar-refractivity contribution in [2.45, 2.75) is 19.9 Å². The standard InChI is InChI=1S/C16H18ClN3O/c1-13(19-7-2-9-20-10-8-18-12-20)11-16(21)14-3-5-15(17)6-4-14/h3-6,8,10-12,19H,2,7,9H2,1H3/b13-11+. The molecule has 4 nitrogen and oxygen atoms in total. The van der Waals surface area contributed by atoms with Gasteiger partial charge in [-0.05, 0) is 37.6 Å². The van der Waals surface area contributed by atoms with Gasteiger partial charge >= 0.3 is 0 Å². The lowest BCUT2D eigenvalue weighted by Crippen LogP contribution is -2.15. The quantitative estimate of drug-likeness (QED) is 0.485. The first-order chi connectivity index (χ1) is 10.1. The van der Waals surface area contributed by atoms with Crippen LogP contribution in [0.3, 0.4) is 0 Å². The summed E-state index contributed by atoms with van der Waals surface area (Å²) in [5, 5.41) is 3.87. The van der Waals surface area contributed by atoms with Crippen molar-refractivity contribution in [2.24, 2.45) is 0 Å². The van der Waals surface area contributed by atoms with Gasteiger partial charge in [-0.1, -0.05) is 11.6 Å². The Morgan fingerprint density at radius 2 is 2.14 bits per heavy atom. The van der Waals surface area contributed by atoms with Crippen molar-refractivity contribution >= 4 is 17.4 Å². The van der Waals surface area contributed by atoms with E-state index in [0.717, 1.165) is 25.2 Å². The van der Waals surface area contributed by atoms with Crippen LogP contribution in [0.5, 0.6) is 0 Å². The number of carbonyl (C=O) groups is 1. The second-order valence-electron chi connectivity index (χ2n) is 4.78. The van der Waals surface area contributed by atoms with Crippen molar-refractivity contribution in [3.63, 3.8) is 0 Å². The van der Waals surface area contributed by atoms with Crippen LogP contribution in [0.4, 0.5) is 0 Å². The van der Waals surface area contributed by atoms with Crippen LogP contribution in [0.2, 0.25) is 5.02 Å². The highest BCUT2D eigenvalue weighted by atomic mass is 35.5. The van der Waals surface area contributed by atoms with E-state index in [0.29, 0.717) is 10.6 Å². The number of carbonyl (C=O) groups excluding carboxylic acids is 1. The maximum atomic E-state index is 12.0. The number of aryl methyl sites for hydroxylation is 1. The predicted octanol–water partition coefficient (Wildman–Crippen LogP) is 3.30. The molecule has 0 aliphatic carbocycles. The molecule has 2 aromatic rings. The van der Waals surface area contributed by atoms with E-state index in [2.05, 4.69) is 10.3 Å². The van der Waals surface area contributed by atoms with Gasteiger partial charge in [-0.25, -0.2) is 4.98 Å². The molecule has 0 radical (unpaired) electrons.